The Morgan fingerprint density at radius 1 is 1.09 bits per heavy atom. The van der Waals surface area contributed by atoms with Gasteiger partial charge in [-0.2, -0.15) is 0 Å². The topological polar surface area (TPSA) is 51.7 Å². The van der Waals surface area contributed by atoms with Gasteiger partial charge in [0.05, 0.1) is 21.5 Å². The first-order valence-electron chi connectivity index (χ1n) is 12.4. The Balaban J connectivity index is 1.68. The molecule has 4 rings (SSSR count). The largest absolute Gasteiger partial charge is 0.459 e. The van der Waals surface area contributed by atoms with Crippen LogP contribution in [0.2, 0.25) is 0 Å². The first-order chi connectivity index (χ1) is 16.1. The molecule has 1 aromatic heterocycles. The van der Waals surface area contributed by atoms with Crippen LogP contribution in [0.5, 0.6) is 0 Å². The van der Waals surface area contributed by atoms with Gasteiger partial charge in [-0.05, 0) is 87.2 Å². The van der Waals surface area contributed by atoms with Crippen LogP contribution in [0, 0.1) is 19.3 Å². The molecule has 0 unspecified atom stereocenters. The minimum Gasteiger partial charge on any atom is -0.459 e. The minimum atomic E-state index is -0.859. The number of pyridine rings is 1. The predicted molar refractivity (Wildman–Crippen MR) is 139 cm³/mol. The SMILES string of the molecule is Cc1nc(C)c([C@H](OC(C)(C)C)C(=O)OCc2ccccc2)c(N2CCC3(CCC3)CC2)c1Br. The molecule has 5 nitrogen and oxygen atoms in total. The van der Waals surface area contributed by atoms with Crippen molar-refractivity contribution in [2.45, 2.75) is 85.0 Å². The van der Waals surface area contributed by atoms with E-state index in [-0.39, 0.29) is 12.6 Å². The maximum Gasteiger partial charge on any atom is 0.340 e. The highest BCUT2D eigenvalue weighted by molar-refractivity contribution is 9.10. The quantitative estimate of drug-likeness (QED) is 0.384. The van der Waals surface area contributed by atoms with E-state index in [0.29, 0.717) is 5.41 Å². The molecule has 2 aliphatic rings. The number of hydrogen-bond donors (Lipinski definition) is 0. The van der Waals surface area contributed by atoms with E-state index >= 15 is 0 Å². The highest BCUT2D eigenvalue weighted by Gasteiger charge is 2.41. The lowest BCUT2D eigenvalue weighted by molar-refractivity contribution is -0.168. The lowest BCUT2D eigenvalue weighted by Gasteiger charge is -2.49. The summed E-state index contributed by atoms with van der Waals surface area (Å²) >= 11 is 3.82. The van der Waals surface area contributed by atoms with Gasteiger partial charge in [0.1, 0.15) is 6.61 Å². The normalized spacial score (nSPS) is 18.5. The Morgan fingerprint density at radius 2 is 1.74 bits per heavy atom. The molecule has 1 spiro atoms. The molecule has 1 atom stereocenters. The number of carbonyl (C=O) groups is 1. The molecule has 1 saturated heterocycles. The van der Waals surface area contributed by atoms with Crippen molar-refractivity contribution in [3.63, 3.8) is 0 Å². The Morgan fingerprint density at radius 3 is 2.29 bits per heavy atom. The highest BCUT2D eigenvalue weighted by atomic mass is 79.9. The molecule has 0 amide bonds. The molecule has 1 saturated carbocycles. The van der Waals surface area contributed by atoms with E-state index < -0.39 is 11.7 Å². The molecule has 184 valence electrons. The molecule has 34 heavy (non-hydrogen) atoms. The maximum atomic E-state index is 13.5. The van der Waals surface area contributed by atoms with Gasteiger partial charge in [0.25, 0.3) is 0 Å². The van der Waals surface area contributed by atoms with E-state index in [1.807, 2.05) is 65.0 Å². The van der Waals surface area contributed by atoms with Crippen LogP contribution in [0.4, 0.5) is 5.69 Å². The summed E-state index contributed by atoms with van der Waals surface area (Å²) in [6.07, 6.45) is 5.60. The van der Waals surface area contributed by atoms with Crippen molar-refractivity contribution in [2.24, 2.45) is 5.41 Å². The number of carbonyl (C=O) groups excluding carboxylic acids is 1. The second-order valence-corrected chi connectivity index (χ2v) is 11.7. The van der Waals surface area contributed by atoms with Gasteiger partial charge in [0.2, 0.25) is 0 Å². The summed E-state index contributed by atoms with van der Waals surface area (Å²) in [5.41, 5.74) is 4.54. The number of halogens is 1. The van der Waals surface area contributed by atoms with E-state index in [1.165, 1.54) is 32.1 Å². The van der Waals surface area contributed by atoms with Gasteiger partial charge in [-0.25, -0.2) is 4.79 Å². The van der Waals surface area contributed by atoms with Gasteiger partial charge < -0.3 is 14.4 Å². The van der Waals surface area contributed by atoms with Gasteiger partial charge in [-0.15, -0.1) is 0 Å². The van der Waals surface area contributed by atoms with Crippen molar-refractivity contribution in [1.29, 1.82) is 0 Å². The van der Waals surface area contributed by atoms with Crippen LogP contribution < -0.4 is 4.90 Å². The summed E-state index contributed by atoms with van der Waals surface area (Å²) in [5.74, 6) is -0.381. The fraction of sp³-hybridized carbons (Fsp3) is 0.571. The number of hydrogen-bond acceptors (Lipinski definition) is 5. The van der Waals surface area contributed by atoms with Crippen LogP contribution in [0.15, 0.2) is 34.8 Å². The second-order valence-electron chi connectivity index (χ2n) is 10.9. The summed E-state index contributed by atoms with van der Waals surface area (Å²) in [5, 5.41) is 0. The van der Waals surface area contributed by atoms with Gasteiger partial charge in [0.15, 0.2) is 6.10 Å². The number of esters is 1. The number of nitrogens with zero attached hydrogens (tertiary/aromatic N) is 2. The molecule has 1 aliphatic heterocycles. The number of aromatic nitrogens is 1. The van der Waals surface area contributed by atoms with Crippen LogP contribution in [0.3, 0.4) is 0 Å². The zero-order chi connectivity index (χ0) is 24.5. The standard InChI is InChI=1S/C28H37BrN2O3/c1-19-22(25(34-27(3,4)5)26(32)33-18-21-10-7-6-8-11-21)24(23(29)20(2)30-19)31-16-14-28(15-17-31)12-9-13-28/h6-8,10-11,25H,9,12-18H2,1-5H3/t25-/m0/s1. The van der Waals surface area contributed by atoms with Crippen LogP contribution in [0.1, 0.15) is 81.5 Å². The van der Waals surface area contributed by atoms with Gasteiger partial charge in [0, 0.05) is 24.3 Å². The third-order valence-corrected chi connectivity index (χ3v) is 8.18. The van der Waals surface area contributed by atoms with Crippen LogP contribution in [-0.4, -0.2) is 29.6 Å². The highest BCUT2D eigenvalue weighted by Crippen LogP contribution is 2.51. The van der Waals surface area contributed by atoms with Crippen molar-refractivity contribution in [1.82, 2.24) is 4.98 Å². The number of benzene rings is 1. The number of anilines is 1. The van der Waals surface area contributed by atoms with Crippen molar-refractivity contribution in [3.05, 3.63) is 57.3 Å². The van der Waals surface area contributed by atoms with E-state index in [2.05, 4.69) is 20.8 Å². The zero-order valence-electron chi connectivity index (χ0n) is 21.1. The Hall–Kier alpha value is -1.92. The van der Waals surface area contributed by atoms with Gasteiger partial charge in [-0.3, -0.25) is 4.98 Å². The van der Waals surface area contributed by atoms with Crippen LogP contribution in [0.25, 0.3) is 0 Å². The molecule has 2 heterocycles. The van der Waals surface area contributed by atoms with E-state index in [4.69, 9.17) is 14.5 Å². The average molecular weight is 530 g/mol. The molecule has 2 aromatic rings. The lowest BCUT2D eigenvalue weighted by Crippen LogP contribution is -2.44. The molecular formula is C28H37BrN2O3. The summed E-state index contributed by atoms with van der Waals surface area (Å²) in [6.45, 7) is 12.1. The predicted octanol–water partition coefficient (Wildman–Crippen LogP) is 6.83. The fourth-order valence-electron chi connectivity index (χ4n) is 5.21. The van der Waals surface area contributed by atoms with Crippen molar-refractivity contribution in [3.8, 4) is 0 Å². The third-order valence-electron chi connectivity index (χ3n) is 7.23. The first kappa shape index (κ1) is 25.2. The fourth-order valence-corrected chi connectivity index (χ4v) is 5.76. The second kappa shape index (κ2) is 9.98. The lowest BCUT2D eigenvalue weighted by atomic mass is 9.63. The molecule has 6 heteroatoms. The molecule has 0 radical (unpaired) electrons. The maximum absolute atomic E-state index is 13.5. The number of aryl methyl sites for hydroxylation is 2. The third kappa shape index (κ3) is 5.49. The summed E-state index contributed by atoms with van der Waals surface area (Å²) < 4.78 is 13.1. The van der Waals surface area contributed by atoms with E-state index in [1.54, 1.807) is 0 Å². The monoisotopic (exact) mass is 528 g/mol. The number of rotatable bonds is 6. The molecule has 0 N–H and O–H groups in total. The first-order valence-corrected chi connectivity index (χ1v) is 13.2. The molecular weight excluding hydrogens is 492 g/mol. The molecule has 1 aromatic carbocycles. The zero-order valence-corrected chi connectivity index (χ0v) is 22.7. The smallest absolute Gasteiger partial charge is 0.340 e. The van der Waals surface area contributed by atoms with Crippen molar-refractivity contribution < 1.29 is 14.3 Å². The molecule has 2 fully saturated rings. The van der Waals surface area contributed by atoms with Gasteiger partial charge >= 0.3 is 5.97 Å². The minimum absolute atomic E-state index is 0.213. The van der Waals surface area contributed by atoms with Gasteiger partial charge in [-0.1, -0.05) is 36.8 Å². The van der Waals surface area contributed by atoms with Crippen LogP contribution >= 0.6 is 15.9 Å². The Labute approximate surface area is 212 Å². The summed E-state index contributed by atoms with van der Waals surface area (Å²) in [6, 6.07) is 9.76. The van der Waals surface area contributed by atoms with Crippen molar-refractivity contribution in [2.75, 3.05) is 18.0 Å². The van der Waals surface area contributed by atoms with E-state index in [9.17, 15) is 4.79 Å². The average Bonchev–Trinajstić information content (AvgIpc) is 2.77. The van der Waals surface area contributed by atoms with Crippen LogP contribution in [-0.2, 0) is 20.9 Å². The van der Waals surface area contributed by atoms with E-state index in [0.717, 1.165) is 45.8 Å². The Kier molecular flexibility index (Phi) is 7.39. The number of piperidine rings is 1. The molecule has 0 bridgehead atoms. The summed E-state index contributed by atoms with van der Waals surface area (Å²) in [4.78, 5) is 20.7. The Bertz CT molecular complexity index is 1020. The molecule has 1 aliphatic carbocycles. The number of ether oxygens (including phenoxy) is 2. The summed E-state index contributed by atoms with van der Waals surface area (Å²) in [7, 11) is 0. The van der Waals surface area contributed by atoms with Crippen molar-refractivity contribution >= 4 is 27.6 Å².